The monoisotopic (exact) mass is 254 g/mol. The molecule has 1 aliphatic rings. The Morgan fingerprint density at radius 3 is 2.53 bits per heavy atom. The Balaban J connectivity index is 1.96. The van der Waals surface area contributed by atoms with Crippen LogP contribution in [0.25, 0.3) is 5.69 Å². The van der Waals surface area contributed by atoms with E-state index in [1.54, 1.807) is 30.7 Å². The minimum absolute atomic E-state index is 0.161. The topological polar surface area (TPSA) is 80.9 Å². The van der Waals surface area contributed by atoms with Crippen molar-refractivity contribution in [2.24, 2.45) is 0 Å². The van der Waals surface area contributed by atoms with Gasteiger partial charge in [-0.05, 0) is 36.4 Å². The number of aromatic nitrogens is 4. The predicted molar refractivity (Wildman–Crippen MR) is 66.3 cm³/mol. The summed E-state index contributed by atoms with van der Waals surface area (Å²) in [4.78, 5) is 15.0. The van der Waals surface area contributed by atoms with Gasteiger partial charge in [0.05, 0.1) is 11.9 Å². The average molecular weight is 254 g/mol. The quantitative estimate of drug-likeness (QED) is 0.846. The van der Waals surface area contributed by atoms with Crippen LogP contribution in [0.2, 0.25) is 0 Å². The van der Waals surface area contributed by atoms with Crippen molar-refractivity contribution in [3.63, 3.8) is 0 Å². The van der Waals surface area contributed by atoms with Crippen LogP contribution < -0.4 is 0 Å². The van der Waals surface area contributed by atoms with E-state index < -0.39 is 5.60 Å². The van der Waals surface area contributed by atoms with Crippen molar-refractivity contribution in [1.82, 2.24) is 20.0 Å². The third-order valence-corrected chi connectivity index (χ3v) is 2.83. The first-order chi connectivity index (χ1) is 9.17. The molecule has 6 heteroatoms. The second-order valence-electron chi connectivity index (χ2n) is 4.15. The first kappa shape index (κ1) is 11.5. The summed E-state index contributed by atoms with van der Waals surface area (Å²) in [6.45, 7) is 0. The molecule has 0 fully saturated rings. The summed E-state index contributed by atoms with van der Waals surface area (Å²) in [5.74, 6) is -0.161. The highest BCUT2D eigenvalue weighted by Crippen LogP contribution is 2.25. The zero-order valence-electron chi connectivity index (χ0n) is 9.84. The van der Waals surface area contributed by atoms with E-state index in [9.17, 15) is 9.90 Å². The summed E-state index contributed by atoms with van der Waals surface area (Å²) < 4.78 is 1.53. The van der Waals surface area contributed by atoms with E-state index in [-0.39, 0.29) is 5.78 Å². The van der Waals surface area contributed by atoms with Crippen molar-refractivity contribution in [3.8, 4) is 5.69 Å². The molecule has 0 unspecified atom stereocenters. The Bertz CT molecular complexity index is 657. The van der Waals surface area contributed by atoms with Gasteiger partial charge in [-0.15, -0.1) is 5.10 Å². The number of hydrogen-bond acceptors (Lipinski definition) is 5. The minimum Gasteiger partial charge on any atom is -0.376 e. The molecule has 0 atom stereocenters. The highest BCUT2D eigenvalue weighted by atomic mass is 16.3. The maximum absolute atomic E-state index is 11.1. The molecule has 19 heavy (non-hydrogen) atoms. The van der Waals surface area contributed by atoms with E-state index in [0.29, 0.717) is 5.69 Å². The zero-order chi connectivity index (χ0) is 13.3. The normalized spacial score (nSPS) is 16.8. The smallest absolute Gasteiger partial charge is 0.178 e. The molecule has 0 bridgehead atoms. The van der Waals surface area contributed by atoms with E-state index in [4.69, 9.17) is 0 Å². The van der Waals surface area contributed by atoms with Crippen LogP contribution >= 0.6 is 0 Å². The summed E-state index contributed by atoms with van der Waals surface area (Å²) in [5, 5.41) is 18.3. The molecule has 2 heterocycles. The molecule has 1 aliphatic carbocycles. The van der Waals surface area contributed by atoms with Gasteiger partial charge in [-0.1, -0.05) is 5.21 Å². The number of allylic oxidation sites excluding steroid dienone is 2. The van der Waals surface area contributed by atoms with Crippen molar-refractivity contribution in [3.05, 3.63) is 60.7 Å². The third-order valence-electron chi connectivity index (χ3n) is 2.83. The molecule has 2 aromatic rings. The van der Waals surface area contributed by atoms with Crippen molar-refractivity contribution in [1.29, 1.82) is 0 Å². The van der Waals surface area contributed by atoms with Crippen LogP contribution in [-0.2, 0) is 10.4 Å². The summed E-state index contributed by atoms with van der Waals surface area (Å²) in [7, 11) is 0. The molecular weight excluding hydrogens is 244 g/mol. The van der Waals surface area contributed by atoms with Crippen LogP contribution in [0, 0.1) is 0 Å². The van der Waals surface area contributed by atoms with E-state index in [1.165, 1.54) is 29.0 Å². The summed E-state index contributed by atoms with van der Waals surface area (Å²) in [6, 6.07) is 3.55. The van der Waals surface area contributed by atoms with Gasteiger partial charge in [-0.2, -0.15) is 0 Å². The lowest BCUT2D eigenvalue weighted by molar-refractivity contribution is -0.110. The van der Waals surface area contributed by atoms with Crippen LogP contribution in [0.5, 0.6) is 0 Å². The molecule has 0 saturated carbocycles. The molecule has 0 aromatic carbocycles. The largest absolute Gasteiger partial charge is 0.376 e. The first-order valence-electron chi connectivity index (χ1n) is 5.65. The van der Waals surface area contributed by atoms with Crippen LogP contribution in [0.3, 0.4) is 0 Å². The Hall–Kier alpha value is -2.60. The van der Waals surface area contributed by atoms with Gasteiger partial charge in [-0.3, -0.25) is 9.78 Å². The maximum atomic E-state index is 11.1. The maximum Gasteiger partial charge on any atom is 0.178 e. The number of rotatable bonds is 2. The van der Waals surface area contributed by atoms with Crippen LogP contribution in [0.15, 0.2) is 55.0 Å². The lowest BCUT2D eigenvalue weighted by Gasteiger charge is -2.18. The van der Waals surface area contributed by atoms with Gasteiger partial charge in [0, 0.05) is 12.4 Å². The lowest BCUT2D eigenvalue weighted by atomic mass is 9.95. The molecule has 6 nitrogen and oxygen atoms in total. The molecular formula is C13H10N4O2. The Morgan fingerprint density at radius 1 is 1.16 bits per heavy atom. The summed E-state index contributed by atoms with van der Waals surface area (Å²) in [6.07, 6.45) is 10.3. The number of nitrogens with zero attached hydrogens (tertiary/aromatic N) is 4. The van der Waals surface area contributed by atoms with Gasteiger partial charge >= 0.3 is 0 Å². The highest BCUT2D eigenvalue weighted by molar-refractivity contribution is 6.00. The number of pyridine rings is 1. The molecule has 1 N–H and O–H groups in total. The van der Waals surface area contributed by atoms with Crippen molar-refractivity contribution in [2.45, 2.75) is 5.60 Å². The number of carbonyl (C=O) groups excluding carboxylic acids is 1. The SMILES string of the molecule is O=C1C=CC(O)(c2cn(-c3ccncc3)nn2)C=C1. The van der Waals surface area contributed by atoms with Crippen molar-refractivity contribution < 1.29 is 9.90 Å². The summed E-state index contributed by atoms with van der Waals surface area (Å²) in [5.41, 5.74) is -0.249. The standard InChI is InChI=1S/C13H10N4O2/c18-11-1-5-13(19,6-2-11)12-9-17(16-15-12)10-3-7-14-8-4-10/h1-9,19H. The zero-order valence-corrected chi connectivity index (χ0v) is 9.84. The fraction of sp³-hybridized carbons (Fsp3) is 0.0769. The van der Waals surface area contributed by atoms with Gasteiger partial charge in [0.25, 0.3) is 0 Å². The van der Waals surface area contributed by atoms with Crippen LogP contribution in [0.1, 0.15) is 5.69 Å². The Morgan fingerprint density at radius 2 is 1.84 bits per heavy atom. The highest BCUT2D eigenvalue weighted by Gasteiger charge is 2.29. The fourth-order valence-electron chi connectivity index (χ4n) is 1.77. The first-order valence-corrected chi connectivity index (χ1v) is 5.65. The van der Waals surface area contributed by atoms with Gasteiger partial charge in [0.1, 0.15) is 11.3 Å². The molecule has 0 amide bonds. The van der Waals surface area contributed by atoms with Crippen LogP contribution in [0.4, 0.5) is 0 Å². The molecule has 0 saturated heterocycles. The molecule has 0 spiro atoms. The minimum atomic E-state index is -1.39. The Kier molecular flexibility index (Phi) is 2.57. The molecule has 0 aliphatic heterocycles. The van der Waals surface area contributed by atoms with Crippen molar-refractivity contribution in [2.75, 3.05) is 0 Å². The number of aliphatic hydroxyl groups is 1. The Labute approximate surface area is 108 Å². The fourth-order valence-corrected chi connectivity index (χ4v) is 1.77. The van der Waals surface area contributed by atoms with Crippen LogP contribution in [-0.4, -0.2) is 30.9 Å². The molecule has 94 valence electrons. The molecule has 0 radical (unpaired) electrons. The predicted octanol–water partition coefficient (Wildman–Crippen LogP) is 0.545. The molecule has 2 aromatic heterocycles. The number of carbonyl (C=O) groups is 1. The van der Waals surface area contributed by atoms with Gasteiger partial charge in [0.15, 0.2) is 5.78 Å². The van der Waals surface area contributed by atoms with E-state index in [0.717, 1.165) is 5.69 Å². The van der Waals surface area contributed by atoms with E-state index >= 15 is 0 Å². The molecule has 3 rings (SSSR count). The number of hydrogen-bond donors (Lipinski definition) is 1. The second kappa shape index (κ2) is 4.25. The second-order valence-corrected chi connectivity index (χ2v) is 4.15. The summed E-state index contributed by atoms with van der Waals surface area (Å²) >= 11 is 0. The average Bonchev–Trinajstić information content (AvgIpc) is 2.94. The van der Waals surface area contributed by atoms with E-state index in [2.05, 4.69) is 15.3 Å². The third kappa shape index (κ3) is 2.09. The van der Waals surface area contributed by atoms with Gasteiger partial charge in [0.2, 0.25) is 0 Å². The van der Waals surface area contributed by atoms with Gasteiger partial charge in [-0.25, -0.2) is 4.68 Å². The lowest BCUT2D eigenvalue weighted by Crippen LogP contribution is -2.23. The number of ketones is 1. The van der Waals surface area contributed by atoms with E-state index in [1.807, 2.05) is 0 Å². The van der Waals surface area contributed by atoms with Crippen molar-refractivity contribution >= 4 is 5.78 Å². The van der Waals surface area contributed by atoms with Gasteiger partial charge < -0.3 is 5.11 Å².